The van der Waals surface area contributed by atoms with Gasteiger partial charge in [0.15, 0.2) is 0 Å². The highest BCUT2D eigenvalue weighted by Crippen LogP contribution is 2.39. The number of phenols is 1. The van der Waals surface area contributed by atoms with E-state index in [4.69, 9.17) is 0 Å². The fraction of sp³-hybridized carbons (Fsp3) is 0.333. The molecule has 16 heavy (non-hydrogen) atoms. The molecule has 82 valence electrons. The van der Waals surface area contributed by atoms with Gasteiger partial charge in [-0.3, -0.25) is 4.79 Å². The minimum Gasteiger partial charge on any atom is -0.508 e. The number of hydrogen-bond acceptors (Lipinski definition) is 3. The molecule has 3 rings (SSSR count). The number of hydrazone groups is 1. The molecular formula is C12H12N2O2. The summed E-state index contributed by atoms with van der Waals surface area (Å²) in [7, 11) is 0. The molecule has 1 amide bonds. The van der Waals surface area contributed by atoms with Crippen molar-refractivity contribution in [2.24, 2.45) is 10.5 Å². The van der Waals surface area contributed by atoms with Gasteiger partial charge in [-0.15, -0.1) is 0 Å². The number of nitrogens with one attached hydrogen (secondary N) is 1. The van der Waals surface area contributed by atoms with E-state index in [2.05, 4.69) is 10.5 Å². The van der Waals surface area contributed by atoms with Gasteiger partial charge in [0.25, 0.3) is 5.91 Å². The van der Waals surface area contributed by atoms with E-state index in [1.54, 1.807) is 12.1 Å². The van der Waals surface area contributed by atoms with E-state index >= 15 is 0 Å². The van der Waals surface area contributed by atoms with Crippen LogP contribution in [0.3, 0.4) is 0 Å². The smallest absolute Gasteiger partial charge is 0.252 e. The number of amides is 1. The predicted octanol–water partition coefficient (Wildman–Crippen LogP) is 1.18. The normalized spacial score (nSPS) is 26.8. The Hall–Kier alpha value is -1.84. The lowest BCUT2D eigenvalue weighted by Crippen LogP contribution is -2.39. The number of rotatable bonds is 0. The number of aryl methyl sites for hydroxylation is 1. The molecule has 0 aromatic heterocycles. The zero-order chi connectivity index (χ0) is 11.3. The first-order valence-corrected chi connectivity index (χ1v) is 5.32. The zero-order valence-electron chi connectivity index (χ0n) is 8.95. The molecule has 0 spiro atoms. The van der Waals surface area contributed by atoms with Crippen LogP contribution in [-0.4, -0.2) is 16.7 Å². The van der Waals surface area contributed by atoms with E-state index in [0.717, 1.165) is 29.7 Å². The van der Waals surface area contributed by atoms with E-state index in [0.29, 0.717) is 0 Å². The summed E-state index contributed by atoms with van der Waals surface area (Å²) in [5.74, 6) is 0.237. The molecule has 2 aliphatic rings. The summed E-state index contributed by atoms with van der Waals surface area (Å²) in [6, 6.07) is 5.22. The summed E-state index contributed by atoms with van der Waals surface area (Å²) in [6.45, 7) is 1.92. The first kappa shape index (κ1) is 9.39. The van der Waals surface area contributed by atoms with Crippen LogP contribution in [0, 0.1) is 5.41 Å². The Balaban J connectivity index is 2.18. The zero-order valence-corrected chi connectivity index (χ0v) is 8.95. The minimum atomic E-state index is -0.496. The molecule has 0 saturated heterocycles. The maximum Gasteiger partial charge on any atom is 0.252 e. The quantitative estimate of drug-likeness (QED) is 0.684. The molecule has 0 radical (unpaired) electrons. The van der Waals surface area contributed by atoms with Crippen LogP contribution >= 0.6 is 0 Å². The predicted molar refractivity (Wildman–Crippen MR) is 59.2 cm³/mol. The second-order valence-electron chi connectivity index (χ2n) is 4.57. The van der Waals surface area contributed by atoms with Crippen molar-refractivity contribution in [2.75, 3.05) is 0 Å². The number of phenolic OH excluding ortho intramolecular Hbond substituents is 1. The number of carbonyl (C=O) groups is 1. The molecule has 2 N–H and O–H groups in total. The average Bonchev–Trinajstić information content (AvgIpc) is 2.56. The number of fused-ring (bicyclic) bond motifs is 3. The van der Waals surface area contributed by atoms with Gasteiger partial charge >= 0.3 is 0 Å². The molecule has 0 unspecified atom stereocenters. The molecule has 1 atom stereocenters. The van der Waals surface area contributed by atoms with E-state index in [9.17, 15) is 9.90 Å². The van der Waals surface area contributed by atoms with Crippen LogP contribution in [-0.2, 0) is 11.2 Å². The van der Waals surface area contributed by atoms with Crippen LogP contribution in [0.5, 0.6) is 5.75 Å². The third-order valence-electron chi connectivity index (χ3n) is 3.53. The molecule has 0 bridgehead atoms. The summed E-state index contributed by atoms with van der Waals surface area (Å²) in [5.41, 5.74) is 4.89. The van der Waals surface area contributed by atoms with Crippen molar-refractivity contribution < 1.29 is 9.90 Å². The molecule has 1 aromatic rings. The van der Waals surface area contributed by atoms with Gasteiger partial charge in [0.2, 0.25) is 0 Å². The summed E-state index contributed by atoms with van der Waals surface area (Å²) in [5, 5.41) is 13.5. The van der Waals surface area contributed by atoms with Gasteiger partial charge in [-0.2, -0.15) is 5.10 Å². The first-order valence-electron chi connectivity index (χ1n) is 5.32. The van der Waals surface area contributed by atoms with E-state index < -0.39 is 5.41 Å². The number of carbonyl (C=O) groups excluding carboxylic acids is 1. The molecule has 1 aromatic carbocycles. The molecule has 4 heteroatoms. The fourth-order valence-corrected chi connectivity index (χ4v) is 2.45. The average molecular weight is 216 g/mol. The van der Waals surface area contributed by atoms with E-state index in [1.165, 1.54) is 0 Å². The third kappa shape index (κ3) is 1.04. The van der Waals surface area contributed by atoms with Crippen molar-refractivity contribution >= 4 is 11.6 Å². The highest BCUT2D eigenvalue weighted by Gasteiger charge is 2.46. The molecule has 1 aliphatic carbocycles. The van der Waals surface area contributed by atoms with Crippen molar-refractivity contribution in [3.05, 3.63) is 29.3 Å². The standard InChI is InChI=1S/C12H12N2O2/c1-12-5-4-7-6-8(15)2-3-9(7)10(12)13-14-11(12)16/h2-3,6,15H,4-5H2,1H3,(H,14,16)/t12-/m1/s1. The second kappa shape index (κ2) is 2.84. The van der Waals surface area contributed by atoms with Crippen molar-refractivity contribution in [3.63, 3.8) is 0 Å². The van der Waals surface area contributed by atoms with Gasteiger partial charge in [-0.25, -0.2) is 5.43 Å². The maximum atomic E-state index is 11.7. The molecule has 1 aliphatic heterocycles. The molecule has 4 nitrogen and oxygen atoms in total. The van der Waals surface area contributed by atoms with Crippen LogP contribution < -0.4 is 5.43 Å². The van der Waals surface area contributed by atoms with Crippen molar-refractivity contribution in [1.82, 2.24) is 5.43 Å². The highest BCUT2D eigenvalue weighted by atomic mass is 16.3. The Kier molecular flexibility index (Phi) is 1.67. The van der Waals surface area contributed by atoms with Gasteiger partial charge in [0.05, 0.1) is 11.1 Å². The van der Waals surface area contributed by atoms with Crippen molar-refractivity contribution in [1.29, 1.82) is 0 Å². The summed E-state index contributed by atoms with van der Waals surface area (Å²) in [4.78, 5) is 11.7. The lowest BCUT2D eigenvalue weighted by molar-refractivity contribution is -0.125. The van der Waals surface area contributed by atoms with Gasteiger partial charge in [0, 0.05) is 5.56 Å². The van der Waals surface area contributed by atoms with E-state index in [1.807, 2.05) is 13.0 Å². The lowest BCUT2D eigenvalue weighted by Gasteiger charge is -2.29. The number of nitrogens with zero attached hydrogens (tertiary/aromatic N) is 1. The topological polar surface area (TPSA) is 61.7 Å². The van der Waals surface area contributed by atoms with Crippen LogP contribution in [0.25, 0.3) is 0 Å². The third-order valence-corrected chi connectivity index (χ3v) is 3.53. The Bertz CT molecular complexity index is 522. The van der Waals surface area contributed by atoms with Gasteiger partial charge in [0.1, 0.15) is 5.75 Å². The Morgan fingerprint density at radius 2 is 2.31 bits per heavy atom. The van der Waals surface area contributed by atoms with Crippen molar-refractivity contribution in [3.8, 4) is 5.75 Å². The summed E-state index contributed by atoms with van der Waals surface area (Å²) in [6.07, 6.45) is 1.54. The minimum absolute atomic E-state index is 0.0266. The molecule has 0 saturated carbocycles. The first-order chi connectivity index (χ1) is 7.61. The van der Waals surface area contributed by atoms with Crippen LogP contribution in [0.2, 0.25) is 0 Å². The molecule has 0 fully saturated rings. The number of hydrogen-bond donors (Lipinski definition) is 2. The Morgan fingerprint density at radius 1 is 1.50 bits per heavy atom. The van der Waals surface area contributed by atoms with Crippen LogP contribution in [0.15, 0.2) is 23.3 Å². The number of aromatic hydroxyl groups is 1. The van der Waals surface area contributed by atoms with Crippen molar-refractivity contribution in [2.45, 2.75) is 19.8 Å². The maximum absolute atomic E-state index is 11.7. The van der Waals surface area contributed by atoms with Gasteiger partial charge in [-0.05, 0) is 43.5 Å². The second-order valence-corrected chi connectivity index (χ2v) is 4.57. The monoisotopic (exact) mass is 216 g/mol. The summed E-state index contributed by atoms with van der Waals surface area (Å²) < 4.78 is 0. The van der Waals surface area contributed by atoms with Gasteiger partial charge < -0.3 is 5.11 Å². The molecular weight excluding hydrogens is 204 g/mol. The van der Waals surface area contributed by atoms with E-state index in [-0.39, 0.29) is 11.7 Å². The Labute approximate surface area is 93.0 Å². The molecule has 1 heterocycles. The van der Waals surface area contributed by atoms with Crippen LogP contribution in [0.4, 0.5) is 0 Å². The Morgan fingerprint density at radius 3 is 3.12 bits per heavy atom. The largest absolute Gasteiger partial charge is 0.508 e. The van der Waals surface area contributed by atoms with Crippen LogP contribution in [0.1, 0.15) is 24.5 Å². The number of benzene rings is 1. The van der Waals surface area contributed by atoms with Gasteiger partial charge in [-0.1, -0.05) is 0 Å². The fourth-order valence-electron chi connectivity index (χ4n) is 2.45. The SMILES string of the molecule is C[C@@]12CCc3cc(O)ccc3C1=NNC2=O. The lowest BCUT2D eigenvalue weighted by atomic mass is 9.71. The highest BCUT2D eigenvalue weighted by molar-refractivity contribution is 6.20. The summed E-state index contributed by atoms with van der Waals surface area (Å²) >= 11 is 0.